The highest BCUT2D eigenvalue weighted by atomic mass is 19.1. The molecule has 5 heteroatoms. The topological polar surface area (TPSA) is 46.3 Å². The van der Waals surface area contributed by atoms with Gasteiger partial charge in [-0.25, -0.2) is 8.78 Å². The van der Waals surface area contributed by atoms with Gasteiger partial charge in [0.05, 0.1) is 0 Å². The number of halogens is 2. The van der Waals surface area contributed by atoms with Crippen LogP contribution < -0.4 is 5.73 Å². The molecule has 0 aliphatic heterocycles. The zero-order valence-electron chi connectivity index (χ0n) is 14.0. The zero-order chi connectivity index (χ0) is 17.1. The summed E-state index contributed by atoms with van der Waals surface area (Å²) in [7, 11) is 0. The fourth-order valence-electron chi connectivity index (χ4n) is 4.15. The summed E-state index contributed by atoms with van der Waals surface area (Å²) in [6.07, 6.45) is 7.51. The Morgan fingerprint density at radius 1 is 1.12 bits per heavy atom. The van der Waals surface area contributed by atoms with Crippen molar-refractivity contribution in [1.82, 2.24) is 4.90 Å². The van der Waals surface area contributed by atoms with Crippen LogP contribution in [0.2, 0.25) is 0 Å². The van der Waals surface area contributed by atoms with Crippen molar-refractivity contribution >= 4 is 5.91 Å². The second-order valence-corrected chi connectivity index (χ2v) is 7.25. The van der Waals surface area contributed by atoms with Crippen LogP contribution >= 0.6 is 0 Å². The molecule has 2 saturated carbocycles. The van der Waals surface area contributed by atoms with Crippen LogP contribution in [0.25, 0.3) is 0 Å². The molecule has 2 fully saturated rings. The summed E-state index contributed by atoms with van der Waals surface area (Å²) in [6.45, 7) is 0.148. The van der Waals surface area contributed by atoms with E-state index in [9.17, 15) is 13.6 Å². The van der Waals surface area contributed by atoms with Gasteiger partial charge in [-0.05, 0) is 49.8 Å². The average Bonchev–Trinajstić information content (AvgIpc) is 3.20. The Bertz CT molecular complexity index is 587. The van der Waals surface area contributed by atoms with Crippen LogP contribution in [0.3, 0.4) is 0 Å². The number of nitrogens with two attached hydrogens (primary N) is 1. The van der Waals surface area contributed by atoms with Crippen molar-refractivity contribution in [3.05, 3.63) is 35.4 Å². The highest BCUT2D eigenvalue weighted by Crippen LogP contribution is 2.31. The monoisotopic (exact) mass is 336 g/mol. The van der Waals surface area contributed by atoms with E-state index < -0.39 is 11.6 Å². The van der Waals surface area contributed by atoms with Gasteiger partial charge in [0, 0.05) is 30.6 Å². The largest absolute Gasteiger partial charge is 0.335 e. The molecule has 0 aromatic heterocycles. The van der Waals surface area contributed by atoms with Crippen molar-refractivity contribution in [2.24, 2.45) is 11.7 Å². The van der Waals surface area contributed by atoms with Crippen molar-refractivity contribution in [2.75, 3.05) is 0 Å². The maximum absolute atomic E-state index is 14.0. The Hall–Kier alpha value is -1.49. The molecule has 2 aliphatic rings. The highest BCUT2D eigenvalue weighted by molar-refractivity contribution is 5.77. The number of nitrogens with zero attached hydrogens (tertiary/aromatic N) is 1. The molecule has 0 radical (unpaired) electrons. The lowest BCUT2D eigenvalue weighted by Gasteiger charge is -2.31. The van der Waals surface area contributed by atoms with Gasteiger partial charge < -0.3 is 10.6 Å². The summed E-state index contributed by atoms with van der Waals surface area (Å²) in [5.41, 5.74) is 6.35. The highest BCUT2D eigenvalue weighted by Gasteiger charge is 2.32. The summed E-state index contributed by atoms with van der Waals surface area (Å²) in [5, 5.41) is 0. The third kappa shape index (κ3) is 3.94. The molecule has 0 saturated heterocycles. The summed E-state index contributed by atoms with van der Waals surface area (Å²) >= 11 is 0. The first-order valence-electron chi connectivity index (χ1n) is 9.03. The van der Waals surface area contributed by atoms with Crippen molar-refractivity contribution in [3.8, 4) is 0 Å². The molecule has 2 atom stereocenters. The molecule has 3 nitrogen and oxygen atoms in total. The van der Waals surface area contributed by atoms with Crippen LogP contribution in [0.1, 0.15) is 56.9 Å². The van der Waals surface area contributed by atoms with Crippen LogP contribution in [-0.2, 0) is 11.3 Å². The first-order chi connectivity index (χ1) is 11.5. The van der Waals surface area contributed by atoms with Gasteiger partial charge in [-0.1, -0.05) is 19.3 Å². The van der Waals surface area contributed by atoms with Crippen molar-refractivity contribution in [2.45, 2.75) is 70.0 Å². The van der Waals surface area contributed by atoms with Gasteiger partial charge in [0.2, 0.25) is 5.91 Å². The summed E-state index contributed by atoms with van der Waals surface area (Å²) < 4.78 is 27.5. The SMILES string of the molecule is N[C@@H]1CCC[C@H]1CC(=O)N(Cc1cc(F)ccc1F)C1CCCC1. The molecule has 0 bridgehead atoms. The number of carbonyl (C=O) groups excluding carboxylic acids is 1. The molecule has 0 unspecified atom stereocenters. The maximum atomic E-state index is 14.0. The number of amides is 1. The van der Waals surface area contributed by atoms with Crippen LogP contribution in [0.5, 0.6) is 0 Å². The Morgan fingerprint density at radius 2 is 1.88 bits per heavy atom. The van der Waals surface area contributed by atoms with Crippen LogP contribution in [0, 0.1) is 17.6 Å². The molecule has 3 rings (SSSR count). The summed E-state index contributed by atoms with van der Waals surface area (Å²) in [6, 6.07) is 3.67. The predicted octanol–water partition coefficient (Wildman–Crippen LogP) is 3.75. The molecule has 1 aromatic carbocycles. The van der Waals surface area contributed by atoms with Crippen molar-refractivity contribution < 1.29 is 13.6 Å². The molecule has 132 valence electrons. The molecular weight excluding hydrogens is 310 g/mol. The Kier molecular flexibility index (Phi) is 5.49. The van der Waals surface area contributed by atoms with Gasteiger partial charge in [0.15, 0.2) is 0 Å². The lowest BCUT2D eigenvalue weighted by atomic mass is 9.98. The minimum Gasteiger partial charge on any atom is -0.335 e. The Balaban J connectivity index is 1.75. The zero-order valence-corrected chi connectivity index (χ0v) is 14.0. The smallest absolute Gasteiger partial charge is 0.223 e. The van der Waals surface area contributed by atoms with E-state index in [1.807, 2.05) is 0 Å². The van der Waals surface area contributed by atoms with Gasteiger partial charge >= 0.3 is 0 Å². The molecule has 0 spiro atoms. The van der Waals surface area contributed by atoms with E-state index in [1.54, 1.807) is 4.90 Å². The fraction of sp³-hybridized carbons (Fsp3) is 0.632. The van der Waals surface area contributed by atoms with Crippen molar-refractivity contribution in [3.63, 3.8) is 0 Å². The second kappa shape index (κ2) is 7.60. The van der Waals surface area contributed by atoms with E-state index in [1.165, 1.54) is 6.07 Å². The van der Waals surface area contributed by atoms with E-state index in [0.717, 1.165) is 57.1 Å². The minimum absolute atomic E-state index is 0.0351. The molecule has 2 N–H and O–H groups in total. The Labute approximate surface area is 142 Å². The molecule has 1 amide bonds. The van der Waals surface area contributed by atoms with E-state index in [-0.39, 0.29) is 36.0 Å². The lowest BCUT2D eigenvalue weighted by Crippen LogP contribution is -2.40. The third-order valence-electron chi connectivity index (χ3n) is 5.59. The number of carbonyl (C=O) groups is 1. The summed E-state index contributed by atoms with van der Waals surface area (Å²) in [5.74, 6) is -0.667. The van der Waals surface area contributed by atoms with Crippen molar-refractivity contribution in [1.29, 1.82) is 0 Å². The van der Waals surface area contributed by atoms with E-state index in [4.69, 9.17) is 5.73 Å². The van der Waals surface area contributed by atoms with Gasteiger partial charge in [-0.2, -0.15) is 0 Å². The van der Waals surface area contributed by atoms with Gasteiger partial charge in [-0.3, -0.25) is 4.79 Å². The lowest BCUT2D eigenvalue weighted by molar-refractivity contribution is -0.135. The third-order valence-corrected chi connectivity index (χ3v) is 5.59. The van der Waals surface area contributed by atoms with E-state index in [0.29, 0.717) is 6.42 Å². The first kappa shape index (κ1) is 17.3. The number of hydrogen-bond acceptors (Lipinski definition) is 2. The molecule has 0 heterocycles. The van der Waals surface area contributed by atoms with Gasteiger partial charge in [0.25, 0.3) is 0 Å². The van der Waals surface area contributed by atoms with E-state index >= 15 is 0 Å². The first-order valence-corrected chi connectivity index (χ1v) is 9.03. The number of rotatable bonds is 5. The summed E-state index contributed by atoms with van der Waals surface area (Å²) in [4.78, 5) is 14.7. The Morgan fingerprint density at radius 3 is 2.54 bits per heavy atom. The quantitative estimate of drug-likeness (QED) is 0.890. The van der Waals surface area contributed by atoms with Crippen LogP contribution in [0.4, 0.5) is 8.78 Å². The standard InChI is InChI=1S/C19H26F2N2O/c20-15-8-9-17(21)14(10-15)12-23(16-5-1-2-6-16)19(24)11-13-4-3-7-18(13)22/h8-10,13,16,18H,1-7,11-12,22H2/t13-,18+/m0/s1. The fourth-order valence-corrected chi connectivity index (χ4v) is 4.15. The maximum Gasteiger partial charge on any atom is 0.223 e. The van der Waals surface area contributed by atoms with Gasteiger partial charge in [0.1, 0.15) is 11.6 Å². The number of benzene rings is 1. The second-order valence-electron chi connectivity index (χ2n) is 7.25. The van der Waals surface area contributed by atoms with E-state index in [2.05, 4.69) is 0 Å². The average molecular weight is 336 g/mol. The van der Waals surface area contributed by atoms with Crippen LogP contribution in [-0.4, -0.2) is 22.9 Å². The normalized spacial score (nSPS) is 24.5. The van der Waals surface area contributed by atoms with Gasteiger partial charge in [-0.15, -0.1) is 0 Å². The molecule has 1 aromatic rings. The molecular formula is C19H26F2N2O. The molecule has 2 aliphatic carbocycles. The molecule has 24 heavy (non-hydrogen) atoms. The minimum atomic E-state index is -0.469. The predicted molar refractivity (Wildman–Crippen MR) is 89.1 cm³/mol. The number of hydrogen-bond donors (Lipinski definition) is 1. The van der Waals surface area contributed by atoms with Crippen LogP contribution in [0.15, 0.2) is 18.2 Å².